The van der Waals surface area contributed by atoms with Gasteiger partial charge in [0.25, 0.3) is 5.91 Å². The molecule has 4 nitrogen and oxygen atoms in total. The zero-order valence-corrected chi connectivity index (χ0v) is 11.7. The van der Waals surface area contributed by atoms with Crippen LogP contribution in [0.5, 0.6) is 5.75 Å². The number of carbonyl (C=O) groups is 1. The first kappa shape index (κ1) is 13.2. The predicted molar refractivity (Wildman–Crippen MR) is 77.6 cm³/mol. The van der Waals surface area contributed by atoms with E-state index in [0.717, 1.165) is 17.5 Å². The van der Waals surface area contributed by atoms with Crippen molar-refractivity contribution in [2.45, 2.75) is 32.6 Å². The van der Waals surface area contributed by atoms with E-state index >= 15 is 0 Å². The fourth-order valence-electron chi connectivity index (χ4n) is 3.70. The number of phenols is 1. The molecule has 2 aliphatic carbocycles. The molecule has 0 saturated heterocycles. The maximum absolute atomic E-state index is 12.0. The number of hydrogen-bond donors (Lipinski definition) is 2. The van der Waals surface area contributed by atoms with Crippen molar-refractivity contribution in [3.05, 3.63) is 29.8 Å². The molecule has 0 heterocycles. The lowest BCUT2D eigenvalue weighted by atomic mass is 9.86. The van der Waals surface area contributed by atoms with Gasteiger partial charge in [0.2, 0.25) is 0 Å². The number of nitrogens with zero attached hydrogens (tertiary/aromatic N) is 1. The van der Waals surface area contributed by atoms with Crippen molar-refractivity contribution in [1.82, 2.24) is 5.43 Å². The lowest BCUT2D eigenvalue weighted by Crippen LogP contribution is -2.24. The van der Waals surface area contributed by atoms with Crippen LogP contribution in [0.25, 0.3) is 0 Å². The van der Waals surface area contributed by atoms with E-state index < -0.39 is 0 Å². The Labute approximate surface area is 118 Å². The number of aromatic hydroxyl groups is 1. The Morgan fingerprint density at radius 2 is 2.10 bits per heavy atom. The highest BCUT2D eigenvalue weighted by atomic mass is 16.3. The summed E-state index contributed by atoms with van der Waals surface area (Å²) in [5, 5.41) is 13.9. The maximum Gasteiger partial charge on any atom is 0.275 e. The van der Waals surface area contributed by atoms with Crippen LogP contribution in [0.2, 0.25) is 0 Å². The summed E-state index contributed by atoms with van der Waals surface area (Å²) >= 11 is 0. The molecule has 0 radical (unpaired) electrons. The monoisotopic (exact) mass is 272 g/mol. The van der Waals surface area contributed by atoms with Gasteiger partial charge in [-0.05, 0) is 50.2 Å². The van der Waals surface area contributed by atoms with Crippen LogP contribution in [0.15, 0.2) is 29.4 Å². The second-order valence-corrected chi connectivity index (χ2v) is 5.99. The summed E-state index contributed by atoms with van der Waals surface area (Å²) in [5.41, 5.74) is 3.84. The van der Waals surface area contributed by atoms with Gasteiger partial charge in [0.1, 0.15) is 5.75 Å². The van der Waals surface area contributed by atoms with Crippen molar-refractivity contribution in [2.75, 3.05) is 0 Å². The number of nitrogens with one attached hydrogen (secondary N) is 1. The standard InChI is InChI=1S/C16H20N2O2/c1-10(14-9-11-6-7-12(14)8-11)17-18-16(20)13-4-2-3-5-15(13)19/h2-5,11-12,14,19H,6-9H2,1H3,(H,18,20). The number of fused-ring (bicyclic) bond motifs is 2. The fraction of sp³-hybridized carbons (Fsp3) is 0.500. The third-order valence-corrected chi connectivity index (χ3v) is 4.76. The maximum atomic E-state index is 12.0. The van der Waals surface area contributed by atoms with Gasteiger partial charge < -0.3 is 5.11 Å². The normalized spacial score (nSPS) is 28.6. The molecule has 106 valence electrons. The third-order valence-electron chi connectivity index (χ3n) is 4.76. The van der Waals surface area contributed by atoms with E-state index in [1.165, 1.54) is 31.7 Å². The average molecular weight is 272 g/mol. The van der Waals surface area contributed by atoms with Gasteiger partial charge in [0.05, 0.1) is 5.56 Å². The SMILES string of the molecule is CC(=NNC(=O)c1ccccc1O)C1CC2CCC1C2. The van der Waals surface area contributed by atoms with Gasteiger partial charge in [-0.15, -0.1) is 0 Å². The van der Waals surface area contributed by atoms with Crippen molar-refractivity contribution in [3.8, 4) is 5.75 Å². The molecule has 2 N–H and O–H groups in total. The second kappa shape index (κ2) is 5.27. The Morgan fingerprint density at radius 1 is 1.30 bits per heavy atom. The largest absolute Gasteiger partial charge is 0.507 e. The molecule has 1 amide bonds. The summed E-state index contributed by atoms with van der Waals surface area (Å²) in [4.78, 5) is 12.0. The van der Waals surface area contributed by atoms with Crippen LogP contribution in [-0.2, 0) is 0 Å². The zero-order chi connectivity index (χ0) is 14.1. The molecular weight excluding hydrogens is 252 g/mol. The number of phenolic OH excluding ortho intramolecular Hbond substituents is 1. The minimum atomic E-state index is -0.356. The lowest BCUT2D eigenvalue weighted by molar-refractivity contribution is 0.0952. The smallest absolute Gasteiger partial charge is 0.275 e. The Kier molecular flexibility index (Phi) is 3.47. The molecule has 2 aliphatic rings. The average Bonchev–Trinajstić information content (AvgIpc) is 3.07. The molecular formula is C16H20N2O2. The first-order valence-corrected chi connectivity index (χ1v) is 7.27. The molecule has 2 bridgehead atoms. The molecule has 0 aromatic heterocycles. The van der Waals surface area contributed by atoms with Crippen LogP contribution in [0.4, 0.5) is 0 Å². The molecule has 1 aromatic carbocycles. The number of carbonyl (C=O) groups excluding carboxylic acids is 1. The Balaban J connectivity index is 1.65. The first-order valence-electron chi connectivity index (χ1n) is 7.27. The number of hydrogen-bond acceptors (Lipinski definition) is 3. The Bertz CT molecular complexity index is 553. The van der Waals surface area contributed by atoms with Crippen molar-refractivity contribution in [1.29, 1.82) is 0 Å². The van der Waals surface area contributed by atoms with Gasteiger partial charge in [-0.25, -0.2) is 5.43 Å². The highest BCUT2D eigenvalue weighted by Crippen LogP contribution is 2.48. The fourth-order valence-corrected chi connectivity index (χ4v) is 3.70. The summed E-state index contributed by atoms with van der Waals surface area (Å²) in [6.45, 7) is 2.00. The lowest BCUT2D eigenvalue weighted by Gasteiger charge is -2.21. The van der Waals surface area contributed by atoms with Gasteiger partial charge >= 0.3 is 0 Å². The van der Waals surface area contributed by atoms with Gasteiger partial charge in [-0.1, -0.05) is 18.6 Å². The van der Waals surface area contributed by atoms with Gasteiger partial charge in [-0.2, -0.15) is 5.10 Å². The van der Waals surface area contributed by atoms with Crippen LogP contribution in [0.3, 0.4) is 0 Å². The summed E-state index contributed by atoms with van der Waals surface area (Å²) in [6, 6.07) is 6.51. The van der Waals surface area contributed by atoms with Crippen molar-refractivity contribution in [2.24, 2.45) is 22.9 Å². The second-order valence-electron chi connectivity index (χ2n) is 5.99. The molecule has 2 saturated carbocycles. The number of hydrazone groups is 1. The van der Waals surface area contributed by atoms with Crippen molar-refractivity contribution >= 4 is 11.6 Å². The van der Waals surface area contributed by atoms with E-state index in [4.69, 9.17) is 0 Å². The molecule has 4 heteroatoms. The summed E-state index contributed by atoms with van der Waals surface area (Å²) in [6.07, 6.45) is 5.20. The molecule has 20 heavy (non-hydrogen) atoms. The zero-order valence-electron chi connectivity index (χ0n) is 11.7. The van der Waals surface area contributed by atoms with Crippen LogP contribution >= 0.6 is 0 Å². The topological polar surface area (TPSA) is 61.7 Å². The van der Waals surface area contributed by atoms with Crippen molar-refractivity contribution in [3.63, 3.8) is 0 Å². The highest BCUT2D eigenvalue weighted by molar-refractivity contribution is 5.97. The first-order chi connectivity index (χ1) is 9.65. The third kappa shape index (κ3) is 2.42. The van der Waals surface area contributed by atoms with E-state index in [9.17, 15) is 9.90 Å². The molecule has 3 unspecified atom stereocenters. The summed E-state index contributed by atoms with van der Waals surface area (Å²) in [7, 11) is 0. The summed E-state index contributed by atoms with van der Waals surface area (Å²) in [5.74, 6) is 1.77. The van der Waals surface area contributed by atoms with E-state index in [1.807, 2.05) is 6.92 Å². The molecule has 2 fully saturated rings. The van der Waals surface area contributed by atoms with Gasteiger partial charge in [0, 0.05) is 11.6 Å². The van der Waals surface area contributed by atoms with E-state index in [0.29, 0.717) is 5.92 Å². The van der Waals surface area contributed by atoms with Crippen molar-refractivity contribution < 1.29 is 9.90 Å². The van der Waals surface area contributed by atoms with Crippen LogP contribution < -0.4 is 5.43 Å². The van der Waals surface area contributed by atoms with E-state index in [2.05, 4.69) is 10.5 Å². The Hall–Kier alpha value is -1.84. The quantitative estimate of drug-likeness (QED) is 0.656. The number of rotatable bonds is 3. The Morgan fingerprint density at radius 3 is 2.75 bits per heavy atom. The van der Waals surface area contributed by atoms with Crippen LogP contribution in [-0.4, -0.2) is 16.7 Å². The minimum Gasteiger partial charge on any atom is -0.507 e. The summed E-state index contributed by atoms with van der Waals surface area (Å²) < 4.78 is 0. The van der Waals surface area contributed by atoms with E-state index in [-0.39, 0.29) is 17.2 Å². The molecule has 0 aliphatic heterocycles. The number of para-hydroxylation sites is 1. The molecule has 0 spiro atoms. The molecule has 3 rings (SSSR count). The number of amides is 1. The van der Waals surface area contributed by atoms with Gasteiger partial charge in [-0.3, -0.25) is 4.79 Å². The minimum absolute atomic E-state index is 0.0159. The number of benzene rings is 1. The van der Waals surface area contributed by atoms with E-state index in [1.54, 1.807) is 18.2 Å². The van der Waals surface area contributed by atoms with Crippen LogP contribution in [0, 0.1) is 17.8 Å². The molecule has 3 atom stereocenters. The predicted octanol–water partition coefficient (Wildman–Crippen LogP) is 2.93. The highest BCUT2D eigenvalue weighted by Gasteiger charge is 2.40. The molecule has 1 aromatic rings. The van der Waals surface area contributed by atoms with Gasteiger partial charge in [0.15, 0.2) is 0 Å². The van der Waals surface area contributed by atoms with Crippen LogP contribution in [0.1, 0.15) is 43.0 Å².